The molecule has 0 aliphatic carbocycles. The number of nitrogens with zero attached hydrogens (tertiary/aromatic N) is 4. The summed E-state index contributed by atoms with van der Waals surface area (Å²) in [5.41, 5.74) is 2.42. The summed E-state index contributed by atoms with van der Waals surface area (Å²) in [7, 11) is 0. The minimum absolute atomic E-state index is 0.0190. The van der Waals surface area contributed by atoms with Crippen LogP contribution in [0.1, 0.15) is 29.9 Å². The first-order valence-electron chi connectivity index (χ1n) is 9.65. The Morgan fingerprint density at radius 1 is 1.13 bits per heavy atom. The number of hydrogen-bond donors (Lipinski definition) is 0. The number of amides is 1. The average molecular weight is 453 g/mol. The molecule has 4 rings (SSSR count). The van der Waals surface area contributed by atoms with E-state index in [1.54, 1.807) is 21.2 Å². The fourth-order valence-corrected chi connectivity index (χ4v) is 4.67. The highest BCUT2D eigenvalue weighted by Gasteiger charge is 2.21. The van der Waals surface area contributed by atoms with E-state index in [1.165, 1.54) is 29.6 Å². The second-order valence-electron chi connectivity index (χ2n) is 6.61. The molecule has 0 N–H and O–H groups in total. The normalized spacial score (nSPS) is 10.8. The topological polar surface area (TPSA) is 77.3 Å². The van der Waals surface area contributed by atoms with Crippen molar-refractivity contribution < 1.29 is 14.3 Å². The summed E-state index contributed by atoms with van der Waals surface area (Å²) in [6, 6.07) is 13.4. The Morgan fingerprint density at radius 3 is 2.61 bits per heavy atom. The number of carbonyl (C=O) groups excluding carboxylic acids is 2. The van der Waals surface area contributed by atoms with Crippen molar-refractivity contribution in [3.8, 4) is 16.3 Å². The van der Waals surface area contributed by atoms with Gasteiger partial charge in [0.15, 0.2) is 5.13 Å². The SMILES string of the molecule is CCN(C(C)=O)c1nc(COC(=O)c2cn(-c3ccccc3)nc2-c2cccs2)cs1. The second-order valence-corrected chi connectivity index (χ2v) is 8.39. The van der Waals surface area contributed by atoms with Gasteiger partial charge in [-0.3, -0.25) is 9.69 Å². The summed E-state index contributed by atoms with van der Waals surface area (Å²) < 4.78 is 7.22. The van der Waals surface area contributed by atoms with Crippen LogP contribution in [-0.2, 0) is 16.1 Å². The highest BCUT2D eigenvalue weighted by molar-refractivity contribution is 7.14. The minimum atomic E-state index is -0.473. The standard InChI is InChI=1S/C22H20N4O3S2/c1-3-25(15(2)27)22-23-16(14-31-22)13-29-21(28)18-12-26(17-8-5-4-6-9-17)24-20(18)19-10-7-11-30-19/h4-12,14H,3,13H2,1-2H3. The van der Waals surface area contributed by atoms with Crippen molar-refractivity contribution in [2.45, 2.75) is 20.5 Å². The van der Waals surface area contributed by atoms with E-state index in [0.717, 1.165) is 10.6 Å². The van der Waals surface area contributed by atoms with Crippen LogP contribution in [0.2, 0.25) is 0 Å². The molecular formula is C22H20N4O3S2. The first-order chi connectivity index (χ1) is 15.1. The number of para-hydroxylation sites is 1. The highest BCUT2D eigenvalue weighted by Crippen LogP contribution is 2.29. The first kappa shape index (κ1) is 21.0. The van der Waals surface area contributed by atoms with Gasteiger partial charge >= 0.3 is 5.97 Å². The van der Waals surface area contributed by atoms with Crippen molar-refractivity contribution in [2.24, 2.45) is 0 Å². The van der Waals surface area contributed by atoms with Crippen LogP contribution >= 0.6 is 22.7 Å². The molecule has 0 aliphatic heterocycles. The van der Waals surface area contributed by atoms with Crippen molar-refractivity contribution in [1.82, 2.24) is 14.8 Å². The van der Waals surface area contributed by atoms with Crippen LogP contribution < -0.4 is 4.90 Å². The van der Waals surface area contributed by atoms with Crippen LogP contribution in [0.5, 0.6) is 0 Å². The van der Waals surface area contributed by atoms with Gasteiger partial charge in [-0.25, -0.2) is 14.5 Å². The lowest BCUT2D eigenvalue weighted by Crippen LogP contribution is -2.27. The maximum atomic E-state index is 12.9. The van der Waals surface area contributed by atoms with Crippen LogP contribution in [0.4, 0.5) is 5.13 Å². The molecule has 0 aliphatic rings. The summed E-state index contributed by atoms with van der Waals surface area (Å²) in [5.74, 6) is -0.548. The Morgan fingerprint density at radius 2 is 1.94 bits per heavy atom. The van der Waals surface area contributed by atoms with Gasteiger partial charge in [-0.15, -0.1) is 22.7 Å². The number of anilines is 1. The number of hydrogen-bond acceptors (Lipinski definition) is 7. The second kappa shape index (κ2) is 9.23. The molecule has 158 valence electrons. The molecule has 0 spiro atoms. The Kier molecular flexibility index (Phi) is 6.24. The van der Waals surface area contributed by atoms with Gasteiger partial charge in [-0.2, -0.15) is 5.10 Å². The molecule has 1 aromatic carbocycles. The van der Waals surface area contributed by atoms with E-state index in [2.05, 4.69) is 10.1 Å². The van der Waals surface area contributed by atoms with Gasteiger partial charge in [0.25, 0.3) is 0 Å². The zero-order valence-corrected chi connectivity index (χ0v) is 18.7. The number of ether oxygens (including phenoxy) is 1. The molecule has 0 saturated carbocycles. The van der Waals surface area contributed by atoms with Crippen molar-refractivity contribution in [3.63, 3.8) is 0 Å². The molecule has 4 aromatic rings. The molecule has 1 amide bonds. The number of carbonyl (C=O) groups is 2. The number of aromatic nitrogens is 3. The van der Waals surface area contributed by atoms with Crippen LogP contribution in [-0.4, -0.2) is 33.2 Å². The van der Waals surface area contributed by atoms with Gasteiger partial charge in [0.2, 0.25) is 5.91 Å². The minimum Gasteiger partial charge on any atom is -0.455 e. The molecule has 9 heteroatoms. The number of rotatable bonds is 7. The zero-order valence-electron chi connectivity index (χ0n) is 17.0. The van der Waals surface area contributed by atoms with Crippen LogP contribution in [0.15, 0.2) is 59.4 Å². The number of thiazole rings is 1. The molecule has 0 bridgehead atoms. The predicted octanol–water partition coefficient (Wildman–Crippen LogP) is 4.79. The smallest absolute Gasteiger partial charge is 0.342 e. The predicted molar refractivity (Wildman–Crippen MR) is 122 cm³/mol. The number of esters is 1. The molecule has 0 atom stereocenters. The first-order valence-corrected chi connectivity index (χ1v) is 11.4. The third kappa shape index (κ3) is 4.57. The molecule has 3 heterocycles. The fraction of sp³-hybridized carbons (Fsp3) is 0.182. The number of benzene rings is 1. The lowest BCUT2D eigenvalue weighted by atomic mass is 10.2. The quantitative estimate of drug-likeness (QED) is 0.377. The summed E-state index contributed by atoms with van der Waals surface area (Å²) in [5, 5.41) is 8.96. The summed E-state index contributed by atoms with van der Waals surface area (Å²) in [6.07, 6.45) is 1.69. The summed E-state index contributed by atoms with van der Waals surface area (Å²) >= 11 is 2.86. The third-order valence-corrected chi connectivity index (χ3v) is 6.32. The maximum absolute atomic E-state index is 12.9. The van der Waals surface area contributed by atoms with Gasteiger partial charge in [-0.05, 0) is 30.5 Å². The van der Waals surface area contributed by atoms with Crippen molar-refractivity contribution >= 4 is 39.7 Å². The lowest BCUT2D eigenvalue weighted by Gasteiger charge is -2.14. The van der Waals surface area contributed by atoms with E-state index in [-0.39, 0.29) is 12.5 Å². The molecule has 31 heavy (non-hydrogen) atoms. The fourth-order valence-electron chi connectivity index (χ4n) is 3.03. The monoisotopic (exact) mass is 452 g/mol. The van der Waals surface area contributed by atoms with Gasteiger partial charge in [-0.1, -0.05) is 24.3 Å². The summed E-state index contributed by atoms with van der Waals surface area (Å²) in [6.45, 7) is 3.94. The molecule has 7 nitrogen and oxygen atoms in total. The molecule has 0 fully saturated rings. The molecule has 0 unspecified atom stereocenters. The Hall–Kier alpha value is -3.30. The average Bonchev–Trinajstić information content (AvgIpc) is 3.53. The van der Waals surface area contributed by atoms with Gasteiger partial charge in [0.1, 0.15) is 17.9 Å². The van der Waals surface area contributed by atoms with Crippen molar-refractivity contribution in [1.29, 1.82) is 0 Å². The lowest BCUT2D eigenvalue weighted by molar-refractivity contribution is -0.116. The third-order valence-electron chi connectivity index (χ3n) is 4.53. The maximum Gasteiger partial charge on any atom is 0.342 e. The summed E-state index contributed by atoms with van der Waals surface area (Å²) in [4.78, 5) is 31.5. The largest absolute Gasteiger partial charge is 0.455 e. The molecular weight excluding hydrogens is 432 g/mol. The van der Waals surface area contributed by atoms with Gasteiger partial charge in [0, 0.05) is 25.0 Å². The van der Waals surface area contributed by atoms with E-state index in [9.17, 15) is 9.59 Å². The molecule has 0 saturated heterocycles. The Balaban J connectivity index is 1.55. The van der Waals surface area contributed by atoms with Crippen molar-refractivity contribution in [2.75, 3.05) is 11.4 Å². The highest BCUT2D eigenvalue weighted by atomic mass is 32.1. The van der Waals surface area contributed by atoms with Crippen LogP contribution in [0.3, 0.4) is 0 Å². The van der Waals surface area contributed by atoms with E-state index in [0.29, 0.717) is 28.6 Å². The zero-order chi connectivity index (χ0) is 21.8. The van der Waals surface area contributed by atoms with E-state index < -0.39 is 5.97 Å². The van der Waals surface area contributed by atoms with Crippen molar-refractivity contribution in [3.05, 3.63) is 70.7 Å². The molecule has 0 radical (unpaired) electrons. The Bertz CT molecular complexity index is 1180. The Labute approximate surface area is 187 Å². The van der Waals surface area contributed by atoms with Gasteiger partial charge in [0.05, 0.1) is 16.3 Å². The number of thiophene rings is 1. The van der Waals surface area contributed by atoms with Gasteiger partial charge < -0.3 is 4.74 Å². The van der Waals surface area contributed by atoms with Crippen LogP contribution in [0.25, 0.3) is 16.3 Å². The molecule has 3 aromatic heterocycles. The van der Waals surface area contributed by atoms with E-state index >= 15 is 0 Å². The van der Waals surface area contributed by atoms with Crippen LogP contribution in [0, 0.1) is 0 Å². The van der Waals surface area contributed by atoms with E-state index in [4.69, 9.17) is 4.74 Å². The van der Waals surface area contributed by atoms with E-state index in [1.807, 2.05) is 54.8 Å².